The van der Waals surface area contributed by atoms with E-state index >= 15 is 0 Å². The van der Waals surface area contributed by atoms with Gasteiger partial charge in [0.25, 0.3) is 0 Å². The van der Waals surface area contributed by atoms with Crippen LogP contribution in [0.1, 0.15) is 38.7 Å². The highest BCUT2D eigenvalue weighted by Crippen LogP contribution is 2.31. The highest BCUT2D eigenvalue weighted by molar-refractivity contribution is 5.62. The molecule has 17 heavy (non-hydrogen) atoms. The summed E-state index contributed by atoms with van der Waals surface area (Å²) in [6.45, 7) is 6.67. The van der Waals surface area contributed by atoms with E-state index in [1.165, 1.54) is 19.3 Å². The Kier molecular flexibility index (Phi) is 3.55. The molecule has 2 atom stereocenters. The van der Waals surface area contributed by atoms with Crippen LogP contribution in [-0.4, -0.2) is 11.0 Å². The lowest BCUT2D eigenvalue weighted by Crippen LogP contribution is -2.30. The average molecular weight is 233 g/mol. The van der Waals surface area contributed by atoms with Crippen LogP contribution in [-0.2, 0) is 0 Å². The van der Waals surface area contributed by atoms with Crippen molar-refractivity contribution in [3.8, 4) is 0 Å². The smallest absolute Gasteiger partial charge is 0.149 e. The lowest BCUT2D eigenvalue weighted by atomic mass is 9.80. The number of nitrogen functional groups attached to an aromatic ring is 1. The molecule has 3 heteroatoms. The Morgan fingerprint density at radius 3 is 2.47 bits per heavy atom. The number of hydrogen-bond acceptors (Lipinski definition) is 3. The van der Waals surface area contributed by atoms with Crippen LogP contribution in [0.25, 0.3) is 0 Å². The Balaban J connectivity index is 2.04. The molecule has 1 fully saturated rings. The van der Waals surface area contributed by atoms with Gasteiger partial charge >= 0.3 is 0 Å². The quantitative estimate of drug-likeness (QED) is 0.824. The van der Waals surface area contributed by atoms with E-state index < -0.39 is 0 Å². The van der Waals surface area contributed by atoms with Crippen molar-refractivity contribution in [1.29, 1.82) is 0 Å². The Morgan fingerprint density at radius 2 is 1.88 bits per heavy atom. The molecule has 3 nitrogen and oxygen atoms in total. The van der Waals surface area contributed by atoms with Gasteiger partial charge < -0.3 is 11.1 Å². The molecule has 3 N–H and O–H groups in total. The fraction of sp³-hybridized carbons (Fsp3) is 0.643. The van der Waals surface area contributed by atoms with E-state index in [2.05, 4.69) is 24.1 Å². The van der Waals surface area contributed by atoms with E-state index in [0.29, 0.717) is 6.04 Å². The summed E-state index contributed by atoms with van der Waals surface area (Å²) in [4.78, 5) is 4.39. The second kappa shape index (κ2) is 4.94. The Hall–Kier alpha value is -1.25. The minimum Gasteiger partial charge on any atom is -0.396 e. The van der Waals surface area contributed by atoms with Crippen LogP contribution in [0.4, 0.5) is 11.5 Å². The Bertz CT molecular complexity index is 379. The zero-order chi connectivity index (χ0) is 12.4. The molecule has 0 spiro atoms. The first-order chi connectivity index (χ1) is 8.04. The Morgan fingerprint density at radius 1 is 1.24 bits per heavy atom. The highest BCUT2D eigenvalue weighted by Gasteiger charge is 2.24. The van der Waals surface area contributed by atoms with Gasteiger partial charge in [-0.15, -0.1) is 0 Å². The summed E-state index contributed by atoms with van der Waals surface area (Å²) in [6.07, 6.45) is 5.65. The molecule has 94 valence electrons. The number of aromatic nitrogens is 1. The highest BCUT2D eigenvalue weighted by atomic mass is 15.0. The molecule has 1 saturated carbocycles. The van der Waals surface area contributed by atoms with E-state index in [9.17, 15) is 0 Å². The van der Waals surface area contributed by atoms with Crippen molar-refractivity contribution >= 4 is 11.5 Å². The number of hydrogen-bond donors (Lipinski definition) is 2. The van der Waals surface area contributed by atoms with Gasteiger partial charge in [-0.05, 0) is 49.7 Å². The number of pyridine rings is 1. The minimum atomic E-state index is 0.520. The van der Waals surface area contributed by atoms with Crippen LogP contribution in [0.15, 0.2) is 12.3 Å². The standard InChI is InChI=1S/C14H23N3/c1-9-4-10(2)6-12(5-9)17-14-13(15)7-11(3)8-16-14/h7-10,12H,4-6,15H2,1-3H3,(H,16,17). The lowest BCUT2D eigenvalue weighted by molar-refractivity contribution is 0.280. The molecular formula is C14H23N3. The molecule has 1 aromatic rings. The molecule has 0 bridgehead atoms. The molecule has 1 aromatic heterocycles. The van der Waals surface area contributed by atoms with Crippen LogP contribution >= 0.6 is 0 Å². The first-order valence-corrected chi connectivity index (χ1v) is 6.53. The molecule has 0 amide bonds. The predicted octanol–water partition coefficient (Wildman–Crippen LogP) is 3.21. The summed E-state index contributed by atoms with van der Waals surface area (Å²) in [5.74, 6) is 2.44. The van der Waals surface area contributed by atoms with Crippen molar-refractivity contribution < 1.29 is 0 Å². The molecule has 0 aromatic carbocycles. The normalized spacial score (nSPS) is 29.0. The number of anilines is 2. The van der Waals surface area contributed by atoms with Crippen molar-refractivity contribution in [2.75, 3.05) is 11.1 Å². The summed E-state index contributed by atoms with van der Waals surface area (Å²) in [6, 6.07) is 2.50. The van der Waals surface area contributed by atoms with Crippen molar-refractivity contribution in [2.24, 2.45) is 11.8 Å². The fourth-order valence-corrected chi connectivity index (χ4v) is 2.97. The van der Waals surface area contributed by atoms with Gasteiger partial charge in [0.15, 0.2) is 0 Å². The number of rotatable bonds is 2. The molecule has 0 radical (unpaired) electrons. The summed E-state index contributed by atoms with van der Waals surface area (Å²) in [5, 5.41) is 3.50. The number of nitrogens with one attached hydrogen (secondary N) is 1. The second-order valence-corrected chi connectivity index (χ2v) is 5.71. The van der Waals surface area contributed by atoms with Crippen molar-refractivity contribution in [2.45, 2.75) is 46.1 Å². The number of nitrogens with two attached hydrogens (primary N) is 1. The largest absolute Gasteiger partial charge is 0.396 e. The Labute approximate surface area is 104 Å². The van der Waals surface area contributed by atoms with Gasteiger partial charge in [-0.3, -0.25) is 0 Å². The third kappa shape index (κ3) is 3.11. The molecule has 2 rings (SSSR count). The van der Waals surface area contributed by atoms with Gasteiger partial charge in [0, 0.05) is 12.2 Å². The maximum absolute atomic E-state index is 5.98. The summed E-state index contributed by atoms with van der Waals surface area (Å²) in [5.41, 5.74) is 7.85. The minimum absolute atomic E-state index is 0.520. The monoisotopic (exact) mass is 233 g/mol. The van der Waals surface area contributed by atoms with Crippen molar-refractivity contribution in [3.05, 3.63) is 17.8 Å². The van der Waals surface area contributed by atoms with Gasteiger partial charge in [-0.25, -0.2) is 4.98 Å². The fourth-order valence-electron chi connectivity index (χ4n) is 2.97. The maximum Gasteiger partial charge on any atom is 0.149 e. The van der Waals surface area contributed by atoms with E-state index in [0.717, 1.165) is 28.9 Å². The van der Waals surface area contributed by atoms with Crippen LogP contribution < -0.4 is 11.1 Å². The van der Waals surface area contributed by atoms with Gasteiger partial charge in [0.2, 0.25) is 0 Å². The van der Waals surface area contributed by atoms with Crippen LogP contribution in [0.2, 0.25) is 0 Å². The molecule has 0 saturated heterocycles. The maximum atomic E-state index is 5.98. The van der Waals surface area contributed by atoms with Gasteiger partial charge in [-0.1, -0.05) is 13.8 Å². The molecule has 2 unspecified atom stereocenters. The third-order valence-corrected chi connectivity index (χ3v) is 3.57. The van der Waals surface area contributed by atoms with Crippen molar-refractivity contribution in [3.63, 3.8) is 0 Å². The van der Waals surface area contributed by atoms with E-state index in [4.69, 9.17) is 5.73 Å². The molecule has 1 aliphatic rings. The summed E-state index contributed by atoms with van der Waals surface area (Å²) in [7, 11) is 0. The lowest BCUT2D eigenvalue weighted by Gasteiger charge is -2.32. The molecular weight excluding hydrogens is 210 g/mol. The van der Waals surface area contributed by atoms with Gasteiger partial charge in [-0.2, -0.15) is 0 Å². The predicted molar refractivity (Wildman–Crippen MR) is 73.0 cm³/mol. The van der Waals surface area contributed by atoms with E-state index in [1.807, 2.05) is 19.2 Å². The summed E-state index contributed by atoms with van der Waals surface area (Å²) < 4.78 is 0. The van der Waals surface area contributed by atoms with Crippen LogP contribution in [0.3, 0.4) is 0 Å². The first-order valence-electron chi connectivity index (χ1n) is 6.53. The van der Waals surface area contributed by atoms with E-state index in [-0.39, 0.29) is 0 Å². The zero-order valence-corrected chi connectivity index (χ0v) is 11.0. The topological polar surface area (TPSA) is 50.9 Å². The second-order valence-electron chi connectivity index (χ2n) is 5.71. The molecule has 1 aliphatic carbocycles. The number of aryl methyl sites for hydroxylation is 1. The zero-order valence-electron chi connectivity index (χ0n) is 11.0. The van der Waals surface area contributed by atoms with Gasteiger partial charge in [0.05, 0.1) is 5.69 Å². The third-order valence-electron chi connectivity index (χ3n) is 3.57. The van der Waals surface area contributed by atoms with Crippen LogP contribution in [0, 0.1) is 18.8 Å². The first kappa shape index (κ1) is 12.2. The molecule has 0 aliphatic heterocycles. The SMILES string of the molecule is Cc1cnc(NC2CC(C)CC(C)C2)c(N)c1. The summed E-state index contributed by atoms with van der Waals surface area (Å²) >= 11 is 0. The molecule has 1 heterocycles. The van der Waals surface area contributed by atoms with Gasteiger partial charge in [0.1, 0.15) is 5.82 Å². The average Bonchev–Trinajstić information content (AvgIpc) is 2.21. The van der Waals surface area contributed by atoms with E-state index in [1.54, 1.807) is 0 Å². The number of nitrogens with zero attached hydrogens (tertiary/aromatic N) is 1. The van der Waals surface area contributed by atoms with Crippen molar-refractivity contribution in [1.82, 2.24) is 4.98 Å². The van der Waals surface area contributed by atoms with Crippen LogP contribution in [0.5, 0.6) is 0 Å².